The van der Waals surface area contributed by atoms with Crippen molar-refractivity contribution in [1.29, 1.82) is 5.41 Å². The first-order chi connectivity index (χ1) is 18.8. The van der Waals surface area contributed by atoms with Gasteiger partial charge in [-0.25, -0.2) is 0 Å². The van der Waals surface area contributed by atoms with E-state index in [0.29, 0.717) is 48.8 Å². The number of thiophene rings is 1. The lowest BCUT2D eigenvalue weighted by Gasteiger charge is -2.37. The summed E-state index contributed by atoms with van der Waals surface area (Å²) in [6, 6.07) is 17.1. The van der Waals surface area contributed by atoms with Gasteiger partial charge in [-0.2, -0.15) is 0 Å². The topological polar surface area (TPSA) is 147 Å². The number of benzene rings is 2. The molecule has 1 aromatic heterocycles. The van der Waals surface area contributed by atoms with Crippen LogP contribution in [0.1, 0.15) is 27.2 Å². The number of para-hydroxylation sites is 1. The van der Waals surface area contributed by atoms with E-state index in [1.807, 2.05) is 30.3 Å². The van der Waals surface area contributed by atoms with Crippen LogP contribution in [0.4, 0.5) is 0 Å². The lowest BCUT2D eigenvalue weighted by atomic mass is 9.83. The Hall–Kier alpha value is -4.22. The second-order valence-corrected chi connectivity index (χ2v) is 10.8. The van der Waals surface area contributed by atoms with Gasteiger partial charge in [-0.05, 0) is 48.9 Å². The third-order valence-corrected chi connectivity index (χ3v) is 7.78. The van der Waals surface area contributed by atoms with Crippen molar-refractivity contribution in [3.8, 4) is 11.5 Å². The van der Waals surface area contributed by atoms with E-state index < -0.39 is 11.9 Å². The van der Waals surface area contributed by atoms with Crippen molar-refractivity contribution in [2.45, 2.75) is 19.0 Å². The van der Waals surface area contributed by atoms with Crippen LogP contribution in [0.3, 0.4) is 0 Å². The second-order valence-electron chi connectivity index (χ2n) is 9.79. The Morgan fingerprint density at radius 3 is 2.41 bits per heavy atom. The number of nitrogens with one attached hydrogen (secondary N) is 3. The summed E-state index contributed by atoms with van der Waals surface area (Å²) in [5.74, 6) is 0.275. The van der Waals surface area contributed by atoms with Crippen molar-refractivity contribution in [1.82, 2.24) is 15.5 Å². The maximum absolute atomic E-state index is 13.2. The van der Waals surface area contributed by atoms with Crippen molar-refractivity contribution in [2.24, 2.45) is 11.1 Å². The molecular weight excluding hydrogens is 518 g/mol. The van der Waals surface area contributed by atoms with Gasteiger partial charge in [0.2, 0.25) is 11.8 Å². The molecule has 2 aliphatic heterocycles. The van der Waals surface area contributed by atoms with Crippen molar-refractivity contribution in [2.75, 3.05) is 26.3 Å². The lowest BCUT2D eigenvalue weighted by Crippen LogP contribution is -2.49. The maximum Gasteiger partial charge on any atom is 0.251 e. The highest BCUT2D eigenvalue weighted by molar-refractivity contribution is 7.10. The molecule has 3 heterocycles. The molecule has 2 fully saturated rings. The third kappa shape index (κ3) is 6.10. The van der Waals surface area contributed by atoms with Gasteiger partial charge in [-0.15, -0.1) is 11.3 Å². The summed E-state index contributed by atoms with van der Waals surface area (Å²) in [5.41, 5.74) is 6.29. The number of likely N-dealkylation sites (tertiary alicyclic amines) is 1. The van der Waals surface area contributed by atoms with Crippen LogP contribution in [-0.4, -0.2) is 60.8 Å². The average Bonchev–Trinajstić information content (AvgIpc) is 3.57. The summed E-state index contributed by atoms with van der Waals surface area (Å²) in [6.07, 6.45) is 0.504. The molecule has 1 atom stereocenters. The van der Waals surface area contributed by atoms with Crippen molar-refractivity contribution in [3.05, 3.63) is 82.0 Å². The molecule has 0 bridgehead atoms. The van der Waals surface area contributed by atoms with Gasteiger partial charge in [0, 0.05) is 33.3 Å². The molecule has 5 rings (SSSR count). The predicted octanol–water partition coefficient (Wildman–Crippen LogP) is 2.49. The molecule has 3 amide bonds. The molecule has 1 spiro atoms. The first kappa shape index (κ1) is 26.4. The molecule has 3 aromatic rings. The molecule has 39 heavy (non-hydrogen) atoms. The molecule has 11 heteroatoms. The second kappa shape index (κ2) is 11.3. The zero-order chi connectivity index (χ0) is 27.4. The highest BCUT2D eigenvalue weighted by Gasteiger charge is 2.52. The van der Waals surface area contributed by atoms with Gasteiger partial charge in [0.15, 0.2) is 0 Å². The molecule has 0 unspecified atom stereocenters. The van der Waals surface area contributed by atoms with Crippen LogP contribution in [0.15, 0.2) is 66.0 Å². The Kier molecular flexibility index (Phi) is 7.62. The number of hydrogen-bond acceptors (Lipinski definition) is 7. The number of rotatable bonds is 9. The molecular formula is C28H29N5O5S. The van der Waals surface area contributed by atoms with Gasteiger partial charge in [-0.1, -0.05) is 18.2 Å². The minimum atomic E-state index is -0.653. The highest BCUT2D eigenvalue weighted by Crippen LogP contribution is 2.41. The van der Waals surface area contributed by atoms with E-state index in [-0.39, 0.29) is 36.2 Å². The summed E-state index contributed by atoms with van der Waals surface area (Å²) in [4.78, 5) is 41.4. The van der Waals surface area contributed by atoms with Gasteiger partial charge >= 0.3 is 0 Å². The Morgan fingerprint density at radius 1 is 1.05 bits per heavy atom. The molecule has 2 aromatic carbocycles. The van der Waals surface area contributed by atoms with Crippen LogP contribution in [-0.2, 0) is 20.9 Å². The van der Waals surface area contributed by atoms with Crippen molar-refractivity contribution in [3.63, 3.8) is 0 Å². The lowest BCUT2D eigenvalue weighted by molar-refractivity contribution is -0.138. The Morgan fingerprint density at radius 2 is 1.77 bits per heavy atom. The molecule has 10 nitrogen and oxygen atoms in total. The van der Waals surface area contributed by atoms with Crippen LogP contribution in [0.5, 0.6) is 11.5 Å². The fraction of sp³-hybridized carbons (Fsp3) is 0.286. The normalized spacial score (nSPS) is 17.3. The maximum atomic E-state index is 13.2. The molecule has 0 radical (unpaired) electrons. The summed E-state index contributed by atoms with van der Waals surface area (Å²) >= 11 is 1.40. The number of nitrogens with zero attached hydrogens (tertiary/aromatic N) is 1. The van der Waals surface area contributed by atoms with Gasteiger partial charge in [0.1, 0.15) is 23.4 Å². The number of nitrogen functional groups attached to an aromatic ring is 1. The van der Waals surface area contributed by atoms with Gasteiger partial charge in [-0.3, -0.25) is 19.8 Å². The summed E-state index contributed by atoms with van der Waals surface area (Å²) in [6.45, 7) is 1.45. The van der Waals surface area contributed by atoms with E-state index in [1.165, 1.54) is 11.3 Å². The fourth-order valence-electron chi connectivity index (χ4n) is 4.72. The summed E-state index contributed by atoms with van der Waals surface area (Å²) in [7, 11) is 0. The van der Waals surface area contributed by atoms with Crippen LogP contribution in [0, 0.1) is 10.8 Å². The smallest absolute Gasteiger partial charge is 0.251 e. The van der Waals surface area contributed by atoms with Crippen molar-refractivity contribution < 1.29 is 23.9 Å². The van der Waals surface area contributed by atoms with Crippen LogP contribution >= 0.6 is 11.3 Å². The van der Waals surface area contributed by atoms with Crippen LogP contribution < -0.4 is 21.1 Å². The van der Waals surface area contributed by atoms with Gasteiger partial charge in [0.05, 0.1) is 26.3 Å². The third-order valence-electron chi connectivity index (χ3n) is 6.85. The largest absolute Gasteiger partial charge is 0.457 e. The van der Waals surface area contributed by atoms with Gasteiger partial charge < -0.3 is 30.7 Å². The molecule has 5 N–H and O–H groups in total. The quantitative estimate of drug-likeness (QED) is 0.239. The molecule has 202 valence electrons. The van der Waals surface area contributed by atoms with E-state index in [9.17, 15) is 14.4 Å². The number of hydrogen-bond donors (Lipinski definition) is 4. The number of carbonyl (C=O) groups is 3. The first-order valence-electron chi connectivity index (χ1n) is 12.5. The van der Waals surface area contributed by atoms with E-state index in [1.54, 1.807) is 40.6 Å². The minimum absolute atomic E-state index is 0.0261. The first-order valence-corrected chi connectivity index (χ1v) is 13.4. The number of ether oxygens (including phenoxy) is 2. The van der Waals surface area contributed by atoms with Crippen LogP contribution in [0.2, 0.25) is 0 Å². The standard InChI is InChI=1S/C28H29N5O5S/c29-25(30)19-10-22(39-14-19)12-31-27(36)23-11-28(16-37-17-28)15-33(23)24(34)13-32-26(35)18-6-8-21(9-7-18)38-20-4-2-1-3-5-20/h1-10,14,23H,11-13,15-17H2,(H3,29,30)(H,31,36)(H,32,35)/t23-/m0/s1. The van der Waals surface area contributed by atoms with Gasteiger partial charge in [0.25, 0.3) is 5.91 Å². The number of nitrogens with two attached hydrogens (primary N) is 1. The molecule has 0 saturated carbocycles. The molecule has 0 aliphatic carbocycles. The zero-order valence-electron chi connectivity index (χ0n) is 21.1. The van der Waals surface area contributed by atoms with E-state index in [4.69, 9.17) is 20.6 Å². The highest BCUT2D eigenvalue weighted by atomic mass is 32.1. The monoisotopic (exact) mass is 547 g/mol. The van der Waals surface area contributed by atoms with Crippen LogP contribution in [0.25, 0.3) is 0 Å². The van der Waals surface area contributed by atoms with Crippen molar-refractivity contribution >= 4 is 34.9 Å². The predicted molar refractivity (Wildman–Crippen MR) is 146 cm³/mol. The summed E-state index contributed by atoms with van der Waals surface area (Å²) in [5, 5.41) is 14.9. The minimum Gasteiger partial charge on any atom is -0.457 e. The fourth-order valence-corrected chi connectivity index (χ4v) is 5.54. The average molecular weight is 548 g/mol. The summed E-state index contributed by atoms with van der Waals surface area (Å²) < 4.78 is 11.1. The molecule has 2 aliphatic rings. The zero-order valence-corrected chi connectivity index (χ0v) is 22.0. The Bertz CT molecular complexity index is 1370. The number of carbonyl (C=O) groups excluding carboxylic acids is 3. The number of amides is 3. The SMILES string of the molecule is N=C(N)c1csc(CNC(=O)[C@@H]2CC3(COC3)CN2C(=O)CNC(=O)c2ccc(Oc3ccccc3)cc2)c1. The Balaban J connectivity index is 1.16. The number of amidine groups is 1. The molecule has 2 saturated heterocycles. The van der Waals surface area contributed by atoms with E-state index in [2.05, 4.69) is 10.6 Å². The Labute approximate surface area is 229 Å². The van der Waals surface area contributed by atoms with E-state index >= 15 is 0 Å². The van der Waals surface area contributed by atoms with E-state index in [0.717, 1.165) is 4.88 Å².